The molecule has 0 spiro atoms. The highest BCUT2D eigenvalue weighted by molar-refractivity contribution is 7.10. The van der Waals surface area contributed by atoms with E-state index in [0.717, 1.165) is 0 Å². The lowest BCUT2D eigenvalue weighted by Crippen LogP contribution is -2.29. The predicted molar refractivity (Wildman–Crippen MR) is 109 cm³/mol. The van der Waals surface area contributed by atoms with Gasteiger partial charge in [0.15, 0.2) is 5.82 Å². The molecular weight excluding hydrogens is 408 g/mol. The summed E-state index contributed by atoms with van der Waals surface area (Å²) in [4.78, 5) is 42.3. The van der Waals surface area contributed by atoms with Crippen molar-refractivity contribution in [2.75, 3.05) is 4.90 Å². The number of carbonyl (C=O) groups excluding carboxylic acids is 3. The Labute approximate surface area is 174 Å². The second-order valence-electron chi connectivity index (χ2n) is 6.97. The number of hydrogen-bond donors (Lipinski definition) is 3. The number of aromatic nitrogens is 2. The van der Waals surface area contributed by atoms with Gasteiger partial charge in [-0.05, 0) is 37.8 Å². The lowest BCUT2D eigenvalue weighted by molar-refractivity contribution is -0.132. The van der Waals surface area contributed by atoms with Crippen molar-refractivity contribution in [3.05, 3.63) is 62.3 Å². The first-order valence-electron chi connectivity index (χ1n) is 8.99. The Kier molecular flexibility index (Phi) is 4.58. The summed E-state index contributed by atoms with van der Waals surface area (Å²) < 4.78 is 5.09. The Hall–Kier alpha value is -3.66. The molecule has 0 aromatic carbocycles. The van der Waals surface area contributed by atoms with E-state index in [0.29, 0.717) is 21.9 Å². The van der Waals surface area contributed by atoms with E-state index in [1.165, 1.54) is 16.2 Å². The van der Waals surface area contributed by atoms with Gasteiger partial charge in [0.1, 0.15) is 23.3 Å². The normalized spacial score (nSPS) is 18.4. The van der Waals surface area contributed by atoms with Crippen LogP contribution >= 0.6 is 11.3 Å². The van der Waals surface area contributed by atoms with Crippen molar-refractivity contribution >= 4 is 40.5 Å². The average Bonchev–Trinajstić information content (AvgIpc) is 3.44. The average molecular weight is 426 g/mol. The summed E-state index contributed by atoms with van der Waals surface area (Å²) in [6, 6.07) is 4.20. The van der Waals surface area contributed by atoms with Crippen LogP contribution in [0, 0.1) is 20.8 Å². The maximum Gasteiger partial charge on any atom is 0.301 e. The fraction of sp³-hybridized carbons (Fsp3) is 0.200. The second kappa shape index (κ2) is 6.99. The summed E-state index contributed by atoms with van der Waals surface area (Å²) in [5.41, 5.74) is 6.53. The number of nitrogens with one attached hydrogen (secondary N) is 1. The number of Topliss-reactive ketones (excluding diaryl/α,β-unsaturated/α-hetero) is 1. The van der Waals surface area contributed by atoms with E-state index in [1.54, 1.807) is 39.0 Å². The topological polar surface area (TPSA) is 143 Å². The lowest BCUT2D eigenvalue weighted by Gasteiger charge is -2.21. The minimum Gasteiger partial charge on any atom is -0.507 e. The molecule has 1 aliphatic heterocycles. The van der Waals surface area contributed by atoms with Crippen LogP contribution in [0.4, 0.5) is 5.82 Å². The van der Waals surface area contributed by atoms with E-state index in [-0.39, 0.29) is 28.4 Å². The molecule has 1 atom stereocenters. The van der Waals surface area contributed by atoms with Crippen LogP contribution in [0.2, 0.25) is 0 Å². The minimum absolute atomic E-state index is 0.0932. The molecule has 4 N–H and O–H groups in total. The number of aliphatic hydroxyl groups excluding tert-OH is 1. The maximum absolute atomic E-state index is 13.0. The van der Waals surface area contributed by atoms with Gasteiger partial charge in [0.25, 0.3) is 11.7 Å². The molecule has 1 unspecified atom stereocenters. The number of aryl methyl sites for hydroxylation is 2. The van der Waals surface area contributed by atoms with Crippen LogP contribution < -0.4 is 10.6 Å². The summed E-state index contributed by atoms with van der Waals surface area (Å²) >= 11 is 1.33. The lowest BCUT2D eigenvalue weighted by atomic mass is 9.97. The largest absolute Gasteiger partial charge is 0.507 e. The van der Waals surface area contributed by atoms with E-state index in [4.69, 9.17) is 10.3 Å². The highest BCUT2D eigenvalue weighted by Crippen LogP contribution is 2.44. The quantitative estimate of drug-likeness (QED) is 0.333. The molecule has 4 heterocycles. The monoisotopic (exact) mass is 426 g/mol. The number of primary amides is 1. The molecule has 4 rings (SSSR count). The minimum atomic E-state index is -0.889. The number of hydrogen-bond acceptors (Lipinski definition) is 7. The Balaban J connectivity index is 1.97. The van der Waals surface area contributed by atoms with Gasteiger partial charge in [-0.3, -0.25) is 19.3 Å². The van der Waals surface area contributed by atoms with E-state index >= 15 is 0 Å². The third-order valence-electron chi connectivity index (χ3n) is 5.04. The molecule has 1 aliphatic rings. The smallest absolute Gasteiger partial charge is 0.301 e. The molecule has 1 saturated heterocycles. The molecule has 9 nitrogen and oxygen atoms in total. The van der Waals surface area contributed by atoms with Crippen molar-refractivity contribution < 1.29 is 24.0 Å². The number of H-pyrrole nitrogens is 1. The van der Waals surface area contributed by atoms with Crippen LogP contribution in [-0.2, 0) is 9.59 Å². The molecule has 0 aliphatic carbocycles. The summed E-state index contributed by atoms with van der Waals surface area (Å²) in [6.45, 7) is 4.92. The molecule has 154 valence electrons. The third-order valence-corrected chi connectivity index (χ3v) is 5.96. The number of aliphatic hydroxyl groups is 1. The molecule has 2 amide bonds. The van der Waals surface area contributed by atoms with E-state index in [1.807, 2.05) is 5.38 Å². The van der Waals surface area contributed by atoms with Crippen LogP contribution in [0.1, 0.15) is 44.0 Å². The second-order valence-corrected chi connectivity index (χ2v) is 7.95. The standard InChI is InChI=1S/C20H18N4O5S/c1-8-7-12(23-29-8)24-16(11-5-4-6-30-11)14(18(26)20(24)28)17(25)13-9(2)15(19(21)27)22-10(13)3/h4-7,16,22,25H,1-3H3,(H2,21,27)/b17-14+. The van der Waals surface area contributed by atoms with Gasteiger partial charge in [0.05, 0.1) is 5.57 Å². The highest BCUT2D eigenvalue weighted by Gasteiger charge is 2.49. The van der Waals surface area contributed by atoms with E-state index < -0.39 is 23.6 Å². The molecular formula is C20H18N4O5S. The van der Waals surface area contributed by atoms with Crippen molar-refractivity contribution in [3.8, 4) is 0 Å². The van der Waals surface area contributed by atoms with Crippen molar-refractivity contribution in [1.82, 2.24) is 10.1 Å². The van der Waals surface area contributed by atoms with Crippen molar-refractivity contribution in [2.24, 2.45) is 5.73 Å². The van der Waals surface area contributed by atoms with Gasteiger partial charge in [-0.15, -0.1) is 11.3 Å². The first-order valence-corrected chi connectivity index (χ1v) is 9.87. The van der Waals surface area contributed by atoms with Gasteiger partial charge >= 0.3 is 5.91 Å². The maximum atomic E-state index is 13.0. The van der Waals surface area contributed by atoms with Crippen molar-refractivity contribution in [3.63, 3.8) is 0 Å². The molecule has 10 heteroatoms. The Morgan fingerprint density at radius 2 is 2.07 bits per heavy atom. The van der Waals surface area contributed by atoms with Gasteiger partial charge in [0.2, 0.25) is 0 Å². The molecule has 3 aromatic rings. The van der Waals surface area contributed by atoms with Crippen molar-refractivity contribution in [1.29, 1.82) is 0 Å². The summed E-state index contributed by atoms with van der Waals surface area (Å²) in [5, 5.41) is 16.9. The Morgan fingerprint density at radius 3 is 2.60 bits per heavy atom. The molecule has 0 saturated carbocycles. The molecule has 1 fully saturated rings. The Bertz CT molecular complexity index is 1220. The van der Waals surface area contributed by atoms with E-state index in [2.05, 4.69) is 10.1 Å². The zero-order valence-corrected chi connectivity index (χ0v) is 17.2. The summed E-state index contributed by atoms with van der Waals surface area (Å²) in [6.07, 6.45) is 0. The summed E-state index contributed by atoms with van der Waals surface area (Å²) in [7, 11) is 0. The van der Waals surface area contributed by atoms with Crippen LogP contribution in [0.3, 0.4) is 0 Å². The Morgan fingerprint density at radius 1 is 1.33 bits per heavy atom. The van der Waals surface area contributed by atoms with Crippen LogP contribution in [-0.4, -0.2) is 32.8 Å². The van der Waals surface area contributed by atoms with E-state index in [9.17, 15) is 19.5 Å². The number of nitrogens with zero attached hydrogens (tertiary/aromatic N) is 2. The number of rotatable bonds is 4. The zero-order valence-electron chi connectivity index (χ0n) is 16.3. The van der Waals surface area contributed by atoms with Gasteiger partial charge < -0.3 is 20.3 Å². The third kappa shape index (κ3) is 2.84. The number of nitrogens with two attached hydrogens (primary N) is 1. The van der Waals surface area contributed by atoms with Crippen LogP contribution in [0.25, 0.3) is 5.76 Å². The molecule has 0 bridgehead atoms. The fourth-order valence-corrected chi connectivity index (χ4v) is 4.56. The predicted octanol–water partition coefficient (Wildman–Crippen LogP) is 2.71. The fourth-order valence-electron chi connectivity index (χ4n) is 3.74. The number of carbonyl (C=O) groups is 3. The molecule has 3 aromatic heterocycles. The van der Waals surface area contributed by atoms with Crippen LogP contribution in [0.5, 0.6) is 0 Å². The first kappa shape index (κ1) is 19.6. The van der Waals surface area contributed by atoms with Crippen LogP contribution in [0.15, 0.2) is 33.7 Å². The zero-order chi connectivity index (χ0) is 21.7. The highest BCUT2D eigenvalue weighted by atomic mass is 32.1. The van der Waals surface area contributed by atoms with Gasteiger partial charge in [-0.2, -0.15) is 0 Å². The SMILES string of the molecule is Cc1cc(N2C(=O)C(=O)/C(=C(/O)c3c(C)[nH]c(C(N)=O)c3C)C2c2cccs2)no1. The number of amides is 2. The molecule has 30 heavy (non-hydrogen) atoms. The van der Waals surface area contributed by atoms with Crippen molar-refractivity contribution in [2.45, 2.75) is 26.8 Å². The molecule has 0 radical (unpaired) electrons. The summed E-state index contributed by atoms with van der Waals surface area (Å²) in [5.74, 6) is -2.11. The number of ketones is 1. The first-order chi connectivity index (χ1) is 14.2. The van der Waals surface area contributed by atoms with Gasteiger partial charge in [-0.25, -0.2) is 0 Å². The number of thiophene rings is 1. The number of anilines is 1. The van der Waals surface area contributed by atoms with Gasteiger partial charge in [0, 0.05) is 22.2 Å². The van der Waals surface area contributed by atoms with Gasteiger partial charge in [-0.1, -0.05) is 11.2 Å². The number of aromatic amines is 1.